The summed E-state index contributed by atoms with van der Waals surface area (Å²) < 4.78 is 11.9. The largest absolute Gasteiger partial charge is 0.349 e. The van der Waals surface area contributed by atoms with Gasteiger partial charge in [-0.1, -0.05) is 0 Å². The Labute approximate surface area is 138 Å². The third-order valence-corrected chi connectivity index (χ3v) is 6.05. The van der Waals surface area contributed by atoms with Crippen molar-refractivity contribution in [1.82, 2.24) is 4.90 Å². The lowest BCUT2D eigenvalue weighted by atomic mass is 10.2. The molecule has 1 N–H and O–H groups in total. The van der Waals surface area contributed by atoms with Crippen LogP contribution in [-0.4, -0.2) is 46.5 Å². The highest BCUT2D eigenvalue weighted by Crippen LogP contribution is 2.31. The van der Waals surface area contributed by atoms with Crippen molar-refractivity contribution in [2.24, 2.45) is 0 Å². The van der Waals surface area contributed by atoms with E-state index in [-0.39, 0.29) is 17.6 Å². The van der Waals surface area contributed by atoms with Crippen molar-refractivity contribution in [3.63, 3.8) is 0 Å². The minimum atomic E-state index is -1.24. The SMILES string of the molecule is Cc1sc(NC(=O)C[S@](=O)CCCC(=O)N(C)C)c(C)c1C. The second-order valence-corrected chi connectivity index (χ2v) is 8.27. The third-order valence-electron chi connectivity index (χ3n) is 3.49. The molecule has 1 aromatic rings. The van der Waals surface area contributed by atoms with Gasteiger partial charge in [-0.3, -0.25) is 13.8 Å². The van der Waals surface area contributed by atoms with Gasteiger partial charge >= 0.3 is 0 Å². The van der Waals surface area contributed by atoms with Gasteiger partial charge in [-0.15, -0.1) is 11.3 Å². The van der Waals surface area contributed by atoms with Gasteiger partial charge in [-0.2, -0.15) is 0 Å². The van der Waals surface area contributed by atoms with Gasteiger partial charge < -0.3 is 10.2 Å². The molecule has 0 unspecified atom stereocenters. The highest BCUT2D eigenvalue weighted by atomic mass is 32.2. The van der Waals surface area contributed by atoms with E-state index in [4.69, 9.17) is 0 Å². The zero-order valence-corrected chi connectivity index (χ0v) is 15.4. The number of nitrogens with zero attached hydrogens (tertiary/aromatic N) is 1. The first-order chi connectivity index (χ1) is 10.2. The lowest BCUT2D eigenvalue weighted by Gasteiger charge is -2.09. The van der Waals surface area contributed by atoms with Gasteiger partial charge in [0, 0.05) is 41.9 Å². The topological polar surface area (TPSA) is 66.5 Å². The van der Waals surface area contributed by atoms with Gasteiger partial charge in [-0.05, 0) is 38.3 Å². The molecule has 1 atom stereocenters. The van der Waals surface area contributed by atoms with E-state index < -0.39 is 10.8 Å². The van der Waals surface area contributed by atoms with Crippen LogP contribution in [0, 0.1) is 20.8 Å². The molecule has 1 heterocycles. The van der Waals surface area contributed by atoms with Crippen LogP contribution < -0.4 is 5.32 Å². The van der Waals surface area contributed by atoms with E-state index in [1.165, 1.54) is 15.3 Å². The number of aryl methyl sites for hydroxylation is 1. The molecule has 7 heteroatoms. The van der Waals surface area contributed by atoms with Crippen molar-refractivity contribution in [3.05, 3.63) is 16.0 Å². The molecule has 0 saturated heterocycles. The van der Waals surface area contributed by atoms with Crippen LogP contribution in [0.5, 0.6) is 0 Å². The molecule has 5 nitrogen and oxygen atoms in total. The zero-order chi connectivity index (χ0) is 16.9. The molecule has 0 fully saturated rings. The predicted octanol–water partition coefficient (Wildman–Crippen LogP) is 2.23. The summed E-state index contributed by atoms with van der Waals surface area (Å²) in [5.41, 5.74) is 2.25. The molecule has 0 aliphatic rings. The average Bonchev–Trinajstić information content (AvgIpc) is 2.65. The van der Waals surface area contributed by atoms with Crippen molar-refractivity contribution in [2.45, 2.75) is 33.6 Å². The molecule has 0 spiro atoms. The summed E-state index contributed by atoms with van der Waals surface area (Å²) in [4.78, 5) is 26.0. The Kier molecular flexibility index (Phi) is 7.22. The maximum atomic E-state index is 11.9. The molecular weight excluding hydrogens is 320 g/mol. The standard InChI is InChI=1S/C15H24N2O3S2/c1-10-11(2)15(21-12(10)3)16-13(18)9-22(20)8-6-7-14(19)17(4)5/h6-9H2,1-5H3,(H,16,18)/t22-/m1/s1. The minimum Gasteiger partial charge on any atom is -0.349 e. The summed E-state index contributed by atoms with van der Waals surface area (Å²) in [6, 6.07) is 0. The van der Waals surface area contributed by atoms with Crippen molar-refractivity contribution in [3.8, 4) is 0 Å². The zero-order valence-electron chi connectivity index (χ0n) is 13.8. The molecule has 2 amide bonds. The van der Waals surface area contributed by atoms with Gasteiger partial charge in [0.2, 0.25) is 11.8 Å². The first-order valence-electron chi connectivity index (χ1n) is 7.14. The van der Waals surface area contributed by atoms with Crippen LogP contribution in [0.4, 0.5) is 5.00 Å². The normalized spacial score (nSPS) is 12.0. The van der Waals surface area contributed by atoms with Crippen molar-refractivity contribution in [2.75, 3.05) is 30.9 Å². The average molecular weight is 345 g/mol. The lowest BCUT2D eigenvalue weighted by Crippen LogP contribution is -2.23. The highest BCUT2D eigenvalue weighted by molar-refractivity contribution is 7.85. The Morgan fingerprint density at radius 1 is 1.18 bits per heavy atom. The fourth-order valence-corrected chi connectivity index (χ4v) is 3.91. The number of hydrogen-bond acceptors (Lipinski definition) is 4. The molecule has 1 rings (SSSR count). The van der Waals surface area contributed by atoms with Gasteiger partial charge in [-0.25, -0.2) is 0 Å². The number of nitrogens with one attached hydrogen (secondary N) is 1. The van der Waals surface area contributed by atoms with Crippen LogP contribution in [-0.2, 0) is 20.4 Å². The summed E-state index contributed by atoms with van der Waals surface area (Å²) in [5.74, 6) is 0.128. The van der Waals surface area contributed by atoms with E-state index in [0.717, 1.165) is 10.6 Å². The highest BCUT2D eigenvalue weighted by Gasteiger charge is 2.14. The van der Waals surface area contributed by atoms with E-state index in [0.29, 0.717) is 18.6 Å². The number of carbonyl (C=O) groups excluding carboxylic acids is 2. The first-order valence-corrected chi connectivity index (χ1v) is 9.44. The van der Waals surface area contributed by atoms with Crippen LogP contribution in [0.25, 0.3) is 0 Å². The van der Waals surface area contributed by atoms with Crippen LogP contribution in [0.15, 0.2) is 0 Å². The van der Waals surface area contributed by atoms with Crippen molar-refractivity contribution >= 4 is 39.0 Å². The summed E-state index contributed by atoms with van der Waals surface area (Å²) in [7, 11) is 2.15. The first kappa shape index (κ1) is 18.8. The molecule has 0 bridgehead atoms. The lowest BCUT2D eigenvalue weighted by molar-refractivity contribution is -0.128. The number of thiophene rings is 1. The molecule has 0 aliphatic carbocycles. The van der Waals surface area contributed by atoms with E-state index >= 15 is 0 Å². The smallest absolute Gasteiger partial charge is 0.237 e. The minimum absolute atomic E-state index is 0.0154. The van der Waals surface area contributed by atoms with Crippen LogP contribution >= 0.6 is 11.3 Å². The molecule has 124 valence electrons. The number of anilines is 1. The maximum absolute atomic E-state index is 11.9. The van der Waals surface area contributed by atoms with Crippen LogP contribution in [0.1, 0.15) is 28.8 Å². The van der Waals surface area contributed by atoms with Crippen molar-refractivity contribution < 1.29 is 13.8 Å². The van der Waals surface area contributed by atoms with E-state index in [9.17, 15) is 13.8 Å². The fourth-order valence-electron chi connectivity index (χ4n) is 1.85. The second kappa shape index (κ2) is 8.43. The molecule has 0 aromatic carbocycles. The summed E-state index contributed by atoms with van der Waals surface area (Å²) in [6.45, 7) is 6.01. The summed E-state index contributed by atoms with van der Waals surface area (Å²) in [5, 5.41) is 3.66. The predicted molar refractivity (Wildman–Crippen MR) is 93.0 cm³/mol. The van der Waals surface area contributed by atoms with Crippen molar-refractivity contribution in [1.29, 1.82) is 0 Å². The molecule has 0 aliphatic heterocycles. The Balaban J connectivity index is 2.40. The van der Waals surface area contributed by atoms with E-state index in [1.54, 1.807) is 25.4 Å². The molecule has 0 radical (unpaired) electrons. The van der Waals surface area contributed by atoms with Gasteiger partial charge in [0.05, 0.1) is 5.00 Å². The number of amides is 2. The Morgan fingerprint density at radius 2 is 1.82 bits per heavy atom. The van der Waals surface area contributed by atoms with Crippen LogP contribution in [0.3, 0.4) is 0 Å². The Bertz CT molecular complexity index is 580. The monoisotopic (exact) mass is 344 g/mol. The van der Waals surface area contributed by atoms with E-state index in [2.05, 4.69) is 5.32 Å². The summed E-state index contributed by atoms with van der Waals surface area (Å²) in [6.07, 6.45) is 0.899. The fraction of sp³-hybridized carbons (Fsp3) is 0.600. The number of carbonyl (C=O) groups is 2. The summed E-state index contributed by atoms with van der Waals surface area (Å²) >= 11 is 1.54. The molecule has 0 saturated carbocycles. The molecule has 22 heavy (non-hydrogen) atoms. The second-order valence-electron chi connectivity index (χ2n) is 5.47. The van der Waals surface area contributed by atoms with Crippen LogP contribution in [0.2, 0.25) is 0 Å². The number of rotatable bonds is 7. The Morgan fingerprint density at radius 3 is 2.32 bits per heavy atom. The molecular formula is C15H24N2O3S2. The number of hydrogen-bond donors (Lipinski definition) is 1. The molecule has 1 aromatic heterocycles. The van der Waals surface area contributed by atoms with Gasteiger partial charge in [0.25, 0.3) is 0 Å². The van der Waals surface area contributed by atoms with Gasteiger partial charge in [0.15, 0.2) is 0 Å². The van der Waals surface area contributed by atoms with Gasteiger partial charge in [0.1, 0.15) is 5.75 Å². The third kappa shape index (κ3) is 5.53. The quantitative estimate of drug-likeness (QED) is 0.825. The van der Waals surface area contributed by atoms with E-state index in [1.807, 2.05) is 20.8 Å². The maximum Gasteiger partial charge on any atom is 0.237 e. The Hall–Kier alpha value is -1.21.